The van der Waals surface area contributed by atoms with Gasteiger partial charge in [-0.2, -0.15) is 23.0 Å². The van der Waals surface area contributed by atoms with E-state index in [1.165, 1.54) is 19.1 Å². The van der Waals surface area contributed by atoms with Gasteiger partial charge in [-0.15, -0.1) is 0 Å². The van der Waals surface area contributed by atoms with Crippen molar-refractivity contribution < 1.29 is 27.5 Å². The lowest BCUT2D eigenvalue weighted by atomic mass is 10.1. The van der Waals surface area contributed by atoms with Crippen LogP contribution in [0.1, 0.15) is 22.8 Å². The first kappa shape index (κ1) is 22.1. The van der Waals surface area contributed by atoms with Crippen LogP contribution in [0.5, 0.6) is 0 Å². The number of aliphatic hydroxyl groups excluding tert-OH is 1. The molecule has 0 spiro atoms. The third-order valence-electron chi connectivity index (χ3n) is 4.21. The number of rotatable bonds is 5. The fraction of sp³-hybridized carbons (Fsp3) is 0.200. The van der Waals surface area contributed by atoms with E-state index in [9.17, 15) is 27.2 Å². The molecule has 7 nitrogen and oxygen atoms in total. The first-order chi connectivity index (χ1) is 14.6. The van der Waals surface area contributed by atoms with Crippen LogP contribution in [0.2, 0.25) is 0 Å². The quantitative estimate of drug-likeness (QED) is 0.600. The van der Waals surface area contributed by atoms with Crippen molar-refractivity contribution >= 4 is 5.91 Å². The number of carbonyl (C=O) groups excluding carboxylic acids is 1. The molecule has 11 heteroatoms. The smallest absolute Gasteiger partial charge is 0.394 e. The van der Waals surface area contributed by atoms with Crippen molar-refractivity contribution in [1.82, 2.24) is 20.1 Å². The molecule has 2 heterocycles. The van der Waals surface area contributed by atoms with Crippen molar-refractivity contribution in [1.29, 1.82) is 0 Å². The Bertz CT molecular complexity index is 1160. The summed E-state index contributed by atoms with van der Waals surface area (Å²) in [6.45, 7) is 1.12. The molecule has 3 rings (SSSR count). The van der Waals surface area contributed by atoms with Crippen molar-refractivity contribution in [2.45, 2.75) is 19.1 Å². The van der Waals surface area contributed by atoms with E-state index in [0.29, 0.717) is 6.20 Å². The molecule has 0 radical (unpaired) electrons. The Kier molecular flexibility index (Phi) is 6.16. The van der Waals surface area contributed by atoms with E-state index < -0.39 is 40.6 Å². The number of amides is 1. The normalized spacial score (nSPS) is 12.5. The van der Waals surface area contributed by atoms with Crippen LogP contribution in [0.4, 0.5) is 17.6 Å². The zero-order valence-electron chi connectivity index (χ0n) is 16.0. The SMILES string of the molecule is CC(CO)NC(=O)c1cc(-c2ccc(C(F)(F)F)cn2)nn(-c2cccc(F)c2)c1=O. The molecule has 1 unspecified atom stereocenters. The van der Waals surface area contributed by atoms with Crippen molar-refractivity contribution in [3.63, 3.8) is 0 Å². The fourth-order valence-corrected chi connectivity index (χ4v) is 2.63. The second-order valence-corrected chi connectivity index (χ2v) is 6.63. The van der Waals surface area contributed by atoms with Crippen LogP contribution in [-0.4, -0.2) is 38.4 Å². The second kappa shape index (κ2) is 8.64. The van der Waals surface area contributed by atoms with Crippen molar-refractivity contribution in [2.75, 3.05) is 6.61 Å². The number of nitrogens with zero attached hydrogens (tertiary/aromatic N) is 3. The number of pyridine rings is 1. The highest BCUT2D eigenvalue weighted by Crippen LogP contribution is 2.29. The predicted octanol–water partition coefficient (Wildman–Crippen LogP) is 2.56. The Balaban J connectivity index is 2.17. The summed E-state index contributed by atoms with van der Waals surface area (Å²) < 4.78 is 52.9. The Labute approximate surface area is 173 Å². The number of alkyl halides is 3. The summed E-state index contributed by atoms with van der Waals surface area (Å²) in [5.41, 5.74) is -2.39. The molecule has 1 aromatic carbocycles. The van der Waals surface area contributed by atoms with E-state index in [0.717, 1.165) is 35.0 Å². The van der Waals surface area contributed by atoms with Gasteiger partial charge in [0, 0.05) is 12.2 Å². The van der Waals surface area contributed by atoms with Gasteiger partial charge >= 0.3 is 6.18 Å². The fourth-order valence-electron chi connectivity index (χ4n) is 2.63. The Morgan fingerprint density at radius 3 is 2.52 bits per heavy atom. The summed E-state index contributed by atoms with van der Waals surface area (Å²) in [5, 5.41) is 15.6. The van der Waals surface area contributed by atoms with E-state index in [1.54, 1.807) is 0 Å². The highest BCUT2D eigenvalue weighted by Gasteiger charge is 2.31. The van der Waals surface area contributed by atoms with Gasteiger partial charge in [0.2, 0.25) is 0 Å². The Hall–Kier alpha value is -3.60. The molecular weight excluding hydrogens is 420 g/mol. The number of benzene rings is 1. The first-order valence-corrected chi connectivity index (χ1v) is 8.96. The monoisotopic (exact) mass is 436 g/mol. The number of nitrogens with one attached hydrogen (secondary N) is 1. The molecule has 3 aromatic rings. The Morgan fingerprint density at radius 1 is 1.19 bits per heavy atom. The van der Waals surface area contributed by atoms with Gasteiger partial charge in [0.05, 0.1) is 23.6 Å². The zero-order valence-corrected chi connectivity index (χ0v) is 16.0. The van der Waals surface area contributed by atoms with Gasteiger partial charge in [0.25, 0.3) is 11.5 Å². The van der Waals surface area contributed by atoms with Gasteiger partial charge in [0.15, 0.2) is 0 Å². The van der Waals surface area contributed by atoms with Crippen LogP contribution in [0.15, 0.2) is 53.5 Å². The maximum atomic E-state index is 13.7. The molecule has 0 saturated carbocycles. The van der Waals surface area contributed by atoms with E-state index in [2.05, 4.69) is 15.4 Å². The average Bonchev–Trinajstić information content (AvgIpc) is 2.73. The lowest BCUT2D eigenvalue weighted by molar-refractivity contribution is -0.137. The molecule has 0 fully saturated rings. The molecule has 2 N–H and O–H groups in total. The lowest BCUT2D eigenvalue weighted by Crippen LogP contribution is -2.39. The average molecular weight is 436 g/mol. The summed E-state index contributed by atoms with van der Waals surface area (Å²) >= 11 is 0. The number of halogens is 4. The lowest BCUT2D eigenvalue weighted by Gasteiger charge is -2.13. The van der Waals surface area contributed by atoms with E-state index >= 15 is 0 Å². The van der Waals surface area contributed by atoms with Gasteiger partial charge in [-0.3, -0.25) is 14.6 Å². The first-order valence-electron chi connectivity index (χ1n) is 8.96. The molecule has 1 atom stereocenters. The van der Waals surface area contributed by atoms with Crippen LogP contribution in [0.25, 0.3) is 17.1 Å². The van der Waals surface area contributed by atoms with Crippen molar-refractivity contribution in [3.8, 4) is 17.1 Å². The summed E-state index contributed by atoms with van der Waals surface area (Å²) in [5.74, 6) is -1.50. The number of hydrogen-bond donors (Lipinski definition) is 2. The molecule has 31 heavy (non-hydrogen) atoms. The van der Waals surface area contributed by atoms with E-state index in [-0.39, 0.29) is 23.7 Å². The number of carbonyl (C=O) groups is 1. The minimum absolute atomic E-state index is 0.00279. The topological polar surface area (TPSA) is 97.1 Å². The van der Waals surface area contributed by atoms with Crippen LogP contribution in [-0.2, 0) is 6.18 Å². The maximum Gasteiger partial charge on any atom is 0.417 e. The molecule has 0 saturated heterocycles. The Morgan fingerprint density at radius 2 is 1.94 bits per heavy atom. The summed E-state index contributed by atoms with van der Waals surface area (Å²) in [6.07, 6.45) is -3.99. The minimum atomic E-state index is -4.59. The van der Waals surface area contributed by atoms with Crippen molar-refractivity contribution in [3.05, 3.63) is 76.0 Å². The minimum Gasteiger partial charge on any atom is -0.394 e. The molecule has 0 aliphatic carbocycles. The maximum absolute atomic E-state index is 13.7. The predicted molar refractivity (Wildman–Crippen MR) is 102 cm³/mol. The standard InChI is InChI=1S/C20H16F4N4O3/c1-11(10-29)26-18(30)15-8-17(16-6-5-12(9-25-16)20(22,23)24)27-28(19(15)31)14-4-2-3-13(21)7-14/h2-9,11,29H,10H2,1H3,(H,26,30). The third kappa shape index (κ3) is 4.94. The molecule has 1 amide bonds. The van der Waals surface area contributed by atoms with Gasteiger partial charge in [-0.25, -0.2) is 4.39 Å². The highest BCUT2D eigenvalue weighted by molar-refractivity contribution is 5.94. The molecule has 0 bridgehead atoms. The molecular formula is C20H16F4N4O3. The summed E-state index contributed by atoms with van der Waals surface area (Å²) in [4.78, 5) is 29.1. The van der Waals surface area contributed by atoms with E-state index in [4.69, 9.17) is 5.11 Å². The van der Waals surface area contributed by atoms with E-state index in [1.807, 2.05) is 0 Å². The van der Waals surface area contributed by atoms with Crippen molar-refractivity contribution in [2.24, 2.45) is 0 Å². The highest BCUT2D eigenvalue weighted by atomic mass is 19.4. The summed E-state index contributed by atoms with van der Waals surface area (Å²) in [6, 6.07) is 7.10. The van der Waals surface area contributed by atoms with Gasteiger partial charge in [-0.1, -0.05) is 6.07 Å². The van der Waals surface area contributed by atoms with Gasteiger partial charge in [0.1, 0.15) is 17.1 Å². The van der Waals surface area contributed by atoms with Crippen LogP contribution >= 0.6 is 0 Å². The molecule has 0 aliphatic rings. The second-order valence-electron chi connectivity index (χ2n) is 6.63. The molecule has 2 aromatic heterocycles. The number of hydrogen-bond acceptors (Lipinski definition) is 5. The largest absolute Gasteiger partial charge is 0.417 e. The third-order valence-corrected chi connectivity index (χ3v) is 4.21. The van der Waals surface area contributed by atoms with Crippen LogP contribution in [0.3, 0.4) is 0 Å². The van der Waals surface area contributed by atoms with Crippen LogP contribution < -0.4 is 10.9 Å². The van der Waals surface area contributed by atoms with Gasteiger partial charge in [-0.05, 0) is 43.3 Å². The van der Waals surface area contributed by atoms with Gasteiger partial charge < -0.3 is 10.4 Å². The summed E-state index contributed by atoms with van der Waals surface area (Å²) in [7, 11) is 0. The zero-order chi connectivity index (χ0) is 22.8. The molecule has 0 aliphatic heterocycles. The van der Waals surface area contributed by atoms with Crippen LogP contribution in [0, 0.1) is 5.82 Å². The number of aromatic nitrogens is 3. The number of aliphatic hydroxyl groups is 1. The molecule has 162 valence electrons.